The number of hydrogen-bond donors (Lipinski definition) is 0. The van der Waals surface area contributed by atoms with Gasteiger partial charge >= 0.3 is 0 Å². The zero-order valence-corrected chi connectivity index (χ0v) is 34.0. The van der Waals surface area contributed by atoms with Crippen molar-refractivity contribution < 1.29 is 4.42 Å². The lowest BCUT2D eigenvalue weighted by Gasteiger charge is -2.36. The van der Waals surface area contributed by atoms with Gasteiger partial charge in [0.15, 0.2) is 0 Å². The van der Waals surface area contributed by atoms with E-state index in [2.05, 4.69) is 210 Å². The summed E-state index contributed by atoms with van der Waals surface area (Å²) in [7, 11) is 0. The summed E-state index contributed by atoms with van der Waals surface area (Å²) < 4.78 is 11.6. The van der Waals surface area contributed by atoms with Crippen molar-refractivity contribution in [2.24, 2.45) is 0 Å². The lowest BCUT2D eigenvalue weighted by molar-refractivity contribution is 0.518. The summed E-state index contributed by atoms with van der Waals surface area (Å²) in [6, 6.07) is 71.5. The molecule has 0 saturated carbocycles. The summed E-state index contributed by atoms with van der Waals surface area (Å²) in [6.07, 6.45) is 0.742. The smallest absolute Gasteiger partial charge is 0.235 e. The Balaban J connectivity index is 1.03. The molecule has 0 spiro atoms. The van der Waals surface area contributed by atoms with Crippen LogP contribution in [0.4, 0.5) is 0 Å². The fourth-order valence-electron chi connectivity index (χ4n) is 10.4. The van der Waals surface area contributed by atoms with Crippen LogP contribution in [0.5, 0.6) is 0 Å². The maximum atomic E-state index is 6.88. The first kappa shape index (κ1) is 34.8. The van der Waals surface area contributed by atoms with Gasteiger partial charge in [-0.2, -0.15) is 0 Å². The molecule has 1 unspecified atom stereocenters. The van der Waals surface area contributed by atoms with Crippen LogP contribution < -0.4 is 0 Å². The summed E-state index contributed by atoms with van der Waals surface area (Å²) >= 11 is 0. The minimum atomic E-state index is -0.499. The second kappa shape index (κ2) is 13.2. The van der Waals surface area contributed by atoms with Crippen molar-refractivity contribution in [3.05, 3.63) is 217 Å². The minimum absolute atomic E-state index is 0.499. The molecular formula is C57H38N4O. The lowest BCUT2D eigenvalue weighted by Crippen LogP contribution is -2.33. The largest absolute Gasteiger partial charge is 0.456 e. The molecule has 12 aromatic rings. The van der Waals surface area contributed by atoms with Gasteiger partial charge in [-0.25, -0.2) is 9.97 Å². The van der Waals surface area contributed by atoms with Gasteiger partial charge in [-0.3, -0.25) is 4.57 Å². The monoisotopic (exact) mass is 794 g/mol. The molecule has 4 heterocycles. The third-order valence-electron chi connectivity index (χ3n) is 13.2. The molecule has 0 radical (unpaired) electrons. The Morgan fingerprint density at radius 3 is 1.89 bits per heavy atom. The van der Waals surface area contributed by atoms with E-state index in [0.717, 1.165) is 73.2 Å². The molecule has 5 heteroatoms. The van der Waals surface area contributed by atoms with Crippen molar-refractivity contribution in [1.29, 1.82) is 0 Å². The van der Waals surface area contributed by atoms with Crippen molar-refractivity contribution in [2.45, 2.75) is 18.8 Å². The SMILES string of the molecule is CC1(c2ccc(-c3ccc4c(c3)c3ccccc3n4-c3ccccc3)cc2)Cc2c(oc3ccccc23)-c2c1n(-c1nc(-c3ccccc3)c3ccccc3n1)c1ccccc21. The molecule has 0 aliphatic heterocycles. The minimum Gasteiger partial charge on any atom is -0.456 e. The van der Waals surface area contributed by atoms with Crippen LogP contribution in [0.25, 0.3) is 99.9 Å². The number of rotatable bonds is 5. The molecule has 62 heavy (non-hydrogen) atoms. The number of nitrogens with zero attached hydrogens (tertiary/aromatic N) is 4. The van der Waals surface area contributed by atoms with E-state index < -0.39 is 5.41 Å². The first-order valence-corrected chi connectivity index (χ1v) is 21.3. The standard InChI is InChI=1S/C57H38N4O/c1-57(39-31-28-36(29-32-39)38-30-33-50-45(34-38)41-20-9-13-25-48(41)60(50)40-18-6-3-7-19-40)35-46-42-21-11-15-27-51(42)62-54(46)52-44-23-10-14-26-49(44)61(55(52)57)56-58-47-24-12-8-22-43(47)53(59-56)37-16-4-2-5-17-37/h2-34H,35H2,1H3. The predicted octanol–water partition coefficient (Wildman–Crippen LogP) is 14.3. The van der Waals surface area contributed by atoms with Gasteiger partial charge in [0.25, 0.3) is 0 Å². The van der Waals surface area contributed by atoms with E-state index in [1.54, 1.807) is 0 Å². The summed E-state index contributed by atoms with van der Waals surface area (Å²) in [6.45, 7) is 2.39. The highest BCUT2D eigenvalue weighted by atomic mass is 16.3. The normalized spacial score (nSPS) is 14.9. The number of benzene rings is 8. The van der Waals surface area contributed by atoms with E-state index >= 15 is 0 Å². The maximum absolute atomic E-state index is 6.88. The van der Waals surface area contributed by atoms with Gasteiger partial charge in [-0.1, -0.05) is 152 Å². The fourth-order valence-corrected chi connectivity index (χ4v) is 10.4. The van der Waals surface area contributed by atoms with Crippen molar-refractivity contribution >= 4 is 54.6 Å². The summed E-state index contributed by atoms with van der Waals surface area (Å²) in [4.78, 5) is 10.8. The molecule has 0 bridgehead atoms. The summed E-state index contributed by atoms with van der Waals surface area (Å²) in [5, 5.41) is 5.78. The van der Waals surface area contributed by atoms with E-state index in [4.69, 9.17) is 14.4 Å². The van der Waals surface area contributed by atoms with Crippen molar-refractivity contribution in [3.63, 3.8) is 0 Å². The number of fused-ring (bicyclic) bond motifs is 11. The molecular weight excluding hydrogens is 757 g/mol. The molecule has 13 rings (SSSR count). The van der Waals surface area contributed by atoms with Crippen LogP contribution in [-0.2, 0) is 11.8 Å². The van der Waals surface area contributed by atoms with E-state index in [-0.39, 0.29) is 0 Å². The molecule has 0 fully saturated rings. The van der Waals surface area contributed by atoms with Gasteiger partial charge in [0.1, 0.15) is 11.3 Å². The number of hydrogen-bond acceptors (Lipinski definition) is 3. The van der Waals surface area contributed by atoms with Gasteiger partial charge in [0.2, 0.25) is 5.95 Å². The number of para-hydroxylation sites is 5. The Morgan fingerprint density at radius 1 is 0.484 bits per heavy atom. The zero-order chi connectivity index (χ0) is 40.9. The second-order valence-electron chi connectivity index (χ2n) is 16.7. The van der Waals surface area contributed by atoms with Crippen LogP contribution in [0.2, 0.25) is 0 Å². The van der Waals surface area contributed by atoms with Crippen LogP contribution in [0.3, 0.4) is 0 Å². The topological polar surface area (TPSA) is 48.8 Å². The molecule has 8 aromatic carbocycles. The van der Waals surface area contributed by atoms with Crippen LogP contribution in [-0.4, -0.2) is 19.1 Å². The highest BCUT2D eigenvalue weighted by Gasteiger charge is 2.44. The van der Waals surface area contributed by atoms with E-state index in [1.807, 2.05) is 6.07 Å². The predicted molar refractivity (Wildman–Crippen MR) is 253 cm³/mol. The van der Waals surface area contributed by atoms with Crippen molar-refractivity contribution in [1.82, 2.24) is 19.1 Å². The zero-order valence-electron chi connectivity index (χ0n) is 34.0. The number of furan rings is 1. The van der Waals surface area contributed by atoms with Gasteiger partial charge in [-0.15, -0.1) is 0 Å². The first-order valence-electron chi connectivity index (χ1n) is 21.3. The molecule has 4 aromatic heterocycles. The van der Waals surface area contributed by atoms with Crippen molar-refractivity contribution in [2.75, 3.05) is 0 Å². The number of aromatic nitrogens is 4. The molecule has 292 valence electrons. The van der Waals surface area contributed by atoms with Gasteiger partial charge in [-0.05, 0) is 78.6 Å². The van der Waals surface area contributed by atoms with Crippen LogP contribution in [0.15, 0.2) is 205 Å². The van der Waals surface area contributed by atoms with Gasteiger partial charge in [0.05, 0.1) is 27.8 Å². The maximum Gasteiger partial charge on any atom is 0.235 e. The lowest BCUT2D eigenvalue weighted by atomic mass is 9.69. The highest BCUT2D eigenvalue weighted by molar-refractivity contribution is 6.10. The Kier molecular flexibility index (Phi) is 7.43. The molecule has 1 aliphatic rings. The van der Waals surface area contributed by atoms with Crippen LogP contribution in [0.1, 0.15) is 23.7 Å². The first-order chi connectivity index (χ1) is 30.6. The molecule has 0 saturated heterocycles. The third-order valence-corrected chi connectivity index (χ3v) is 13.2. The van der Waals surface area contributed by atoms with E-state index in [9.17, 15) is 0 Å². The third kappa shape index (κ3) is 5.02. The summed E-state index contributed by atoms with van der Waals surface area (Å²) in [5.74, 6) is 1.57. The highest BCUT2D eigenvalue weighted by Crippen LogP contribution is 2.54. The molecule has 1 atom stereocenters. The molecule has 0 N–H and O–H groups in total. The second-order valence-corrected chi connectivity index (χ2v) is 16.7. The molecule has 1 aliphatic carbocycles. The van der Waals surface area contributed by atoms with Crippen LogP contribution in [0, 0.1) is 0 Å². The molecule has 0 amide bonds. The quantitative estimate of drug-likeness (QED) is 0.174. The van der Waals surface area contributed by atoms with Crippen molar-refractivity contribution in [3.8, 4) is 45.3 Å². The molecule has 5 nitrogen and oxygen atoms in total. The van der Waals surface area contributed by atoms with E-state index in [0.29, 0.717) is 5.95 Å². The Hall–Kier alpha value is -8.02. The Labute approximate surface area is 357 Å². The van der Waals surface area contributed by atoms with Gasteiger partial charge < -0.3 is 8.98 Å². The Morgan fingerprint density at radius 2 is 1.10 bits per heavy atom. The fraction of sp³-hybridized carbons (Fsp3) is 0.0526. The Bertz CT molecular complexity index is 3730. The van der Waals surface area contributed by atoms with Crippen LogP contribution >= 0.6 is 0 Å². The summed E-state index contributed by atoms with van der Waals surface area (Å²) in [5.41, 5.74) is 14.9. The average Bonchev–Trinajstić information content (AvgIpc) is 4.00. The average molecular weight is 795 g/mol. The van der Waals surface area contributed by atoms with Gasteiger partial charge in [0, 0.05) is 60.4 Å². The van der Waals surface area contributed by atoms with E-state index in [1.165, 1.54) is 44.1 Å².